The van der Waals surface area contributed by atoms with Gasteiger partial charge in [-0.3, -0.25) is 9.20 Å². The lowest BCUT2D eigenvalue weighted by atomic mass is 10.2. The molecule has 0 unspecified atom stereocenters. The molecular formula is C20H19ClN4O4S. The summed E-state index contributed by atoms with van der Waals surface area (Å²) in [6.45, 7) is 2.02. The van der Waals surface area contributed by atoms with E-state index < -0.39 is 0 Å². The van der Waals surface area contributed by atoms with Crippen molar-refractivity contribution in [1.29, 1.82) is 0 Å². The van der Waals surface area contributed by atoms with Crippen molar-refractivity contribution in [2.24, 2.45) is 0 Å². The molecule has 3 heterocycles. The minimum atomic E-state index is -0.228. The summed E-state index contributed by atoms with van der Waals surface area (Å²) >= 11 is 7.46. The minimum Gasteiger partial charge on any atom is -0.495 e. The Bertz CT molecular complexity index is 1240. The van der Waals surface area contributed by atoms with Crippen LogP contribution in [0, 0.1) is 0 Å². The molecular weight excluding hydrogens is 428 g/mol. The minimum absolute atomic E-state index is 0.134. The summed E-state index contributed by atoms with van der Waals surface area (Å²) in [6, 6.07) is 7.02. The average molecular weight is 447 g/mol. The molecule has 0 aliphatic rings. The van der Waals surface area contributed by atoms with E-state index in [1.54, 1.807) is 18.4 Å². The molecule has 10 heteroatoms. The number of carbonyl (C=O) groups is 1. The zero-order valence-electron chi connectivity index (χ0n) is 16.6. The van der Waals surface area contributed by atoms with Crippen molar-refractivity contribution >= 4 is 51.6 Å². The quantitative estimate of drug-likeness (QED) is 0.419. The van der Waals surface area contributed by atoms with E-state index in [2.05, 4.69) is 15.5 Å². The first-order valence-electron chi connectivity index (χ1n) is 9.14. The second-order valence-electron chi connectivity index (χ2n) is 6.33. The molecule has 3 aromatic heterocycles. The normalized spacial score (nSPS) is 11.2. The van der Waals surface area contributed by atoms with Gasteiger partial charge in [0.05, 0.1) is 48.0 Å². The fourth-order valence-corrected chi connectivity index (χ4v) is 4.15. The fourth-order valence-electron chi connectivity index (χ4n) is 3.17. The molecule has 0 bridgehead atoms. The van der Waals surface area contributed by atoms with Gasteiger partial charge < -0.3 is 19.2 Å². The SMILES string of the molecule is CCc1nnc(SCC(=O)Nc2cc(Cl)c(OC)cc2OC)c2cc3occc3n12. The molecule has 4 rings (SSSR count). The van der Waals surface area contributed by atoms with E-state index in [4.69, 9.17) is 25.5 Å². The maximum absolute atomic E-state index is 12.6. The lowest BCUT2D eigenvalue weighted by Crippen LogP contribution is -2.15. The van der Waals surface area contributed by atoms with Crippen LogP contribution in [0.2, 0.25) is 5.02 Å². The topological polar surface area (TPSA) is 90.9 Å². The summed E-state index contributed by atoms with van der Waals surface area (Å²) in [5.41, 5.74) is 3.01. The molecule has 8 nitrogen and oxygen atoms in total. The number of amides is 1. The van der Waals surface area contributed by atoms with Crippen LogP contribution in [0.5, 0.6) is 11.5 Å². The number of carbonyl (C=O) groups excluding carboxylic acids is 1. The van der Waals surface area contributed by atoms with E-state index in [0.717, 1.165) is 28.9 Å². The van der Waals surface area contributed by atoms with Gasteiger partial charge in [-0.25, -0.2) is 0 Å². The van der Waals surface area contributed by atoms with Crippen LogP contribution in [0.4, 0.5) is 5.69 Å². The largest absolute Gasteiger partial charge is 0.495 e. The van der Waals surface area contributed by atoms with Crippen molar-refractivity contribution in [3.8, 4) is 11.5 Å². The second-order valence-corrected chi connectivity index (χ2v) is 7.71. The Balaban J connectivity index is 1.55. The van der Waals surface area contributed by atoms with Gasteiger partial charge in [0.15, 0.2) is 5.58 Å². The molecule has 0 spiro atoms. The summed E-state index contributed by atoms with van der Waals surface area (Å²) in [4.78, 5) is 12.6. The molecule has 0 saturated carbocycles. The lowest BCUT2D eigenvalue weighted by Gasteiger charge is -2.13. The maximum atomic E-state index is 12.6. The third-order valence-electron chi connectivity index (χ3n) is 4.56. The van der Waals surface area contributed by atoms with Crippen LogP contribution < -0.4 is 14.8 Å². The molecule has 1 N–H and O–H groups in total. The number of fused-ring (bicyclic) bond motifs is 3. The molecule has 0 aliphatic carbocycles. The molecule has 1 amide bonds. The van der Waals surface area contributed by atoms with Crippen molar-refractivity contribution in [2.45, 2.75) is 18.4 Å². The van der Waals surface area contributed by atoms with Crippen LogP contribution in [0.1, 0.15) is 12.7 Å². The Morgan fingerprint density at radius 1 is 1.20 bits per heavy atom. The summed E-state index contributed by atoms with van der Waals surface area (Å²) in [6.07, 6.45) is 2.37. The van der Waals surface area contributed by atoms with Gasteiger partial charge in [-0.2, -0.15) is 0 Å². The Kier molecular flexibility index (Phi) is 5.74. The van der Waals surface area contributed by atoms with Crippen LogP contribution in [0.15, 0.2) is 40.0 Å². The molecule has 0 fully saturated rings. The number of aryl methyl sites for hydroxylation is 1. The number of nitrogens with one attached hydrogen (secondary N) is 1. The van der Waals surface area contributed by atoms with Crippen LogP contribution in [-0.4, -0.2) is 40.5 Å². The van der Waals surface area contributed by atoms with Crippen molar-refractivity contribution in [2.75, 3.05) is 25.3 Å². The van der Waals surface area contributed by atoms with Crippen LogP contribution in [0.3, 0.4) is 0 Å². The molecule has 0 aliphatic heterocycles. The number of rotatable bonds is 7. The van der Waals surface area contributed by atoms with Gasteiger partial charge in [-0.15, -0.1) is 10.2 Å². The maximum Gasteiger partial charge on any atom is 0.234 e. The van der Waals surface area contributed by atoms with E-state index in [1.807, 2.05) is 23.5 Å². The number of benzene rings is 1. The van der Waals surface area contributed by atoms with Crippen molar-refractivity contribution in [1.82, 2.24) is 14.6 Å². The highest BCUT2D eigenvalue weighted by Gasteiger charge is 2.17. The van der Waals surface area contributed by atoms with Gasteiger partial charge in [0.2, 0.25) is 5.91 Å². The third kappa shape index (κ3) is 3.66. The molecule has 156 valence electrons. The zero-order valence-corrected chi connectivity index (χ0v) is 18.1. The summed E-state index contributed by atoms with van der Waals surface area (Å²) in [7, 11) is 3.02. The highest BCUT2D eigenvalue weighted by molar-refractivity contribution is 8.00. The number of methoxy groups -OCH3 is 2. The number of furan rings is 1. The smallest absolute Gasteiger partial charge is 0.234 e. The van der Waals surface area contributed by atoms with Crippen molar-refractivity contribution < 1.29 is 18.7 Å². The van der Waals surface area contributed by atoms with Crippen LogP contribution in [-0.2, 0) is 11.2 Å². The summed E-state index contributed by atoms with van der Waals surface area (Å²) < 4.78 is 18.0. The monoisotopic (exact) mass is 446 g/mol. The number of halogens is 1. The molecule has 0 radical (unpaired) electrons. The molecule has 0 saturated heterocycles. The number of aromatic nitrogens is 3. The number of ether oxygens (including phenoxy) is 2. The van der Waals surface area contributed by atoms with Crippen molar-refractivity contribution in [3.63, 3.8) is 0 Å². The predicted octanol–water partition coefficient (Wildman–Crippen LogP) is 4.44. The number of anilines is 1. The number of thioether (sulfide) groups is 1. The first-order valence-corrected chi connectivity index (χ1v) is 10.5. The Hall–Kier alpha value is -2.91. The third-order valence-corrected chi connectivity index (χ3v) is 5.83. The Labute approximate surface area is 181 Å². The van der Waals surface area contributed by atoms with E-state index in [0.29, 0.717) is 27.2 Å². The van der Waals surface area contributed by atoms with Crippen molar-refractivity contribution in [3.05, 3.63) is 41.4 Å². The van der Waals surface area contributed by atoms with Gasteiger partial charge >= 0.3 is 0 Å². The lowest BCUT2D eigenvalue weighted by molar-refractivity contribution is -0.113. The second kappa shape index (κ2) is 8.45. The van der Waals surface area contributed by atoms with E-state index in [-0.39, 0.29) is 11.7 Å². The first-order chi connectivity index (χ1) is 14.5. The van der Waals surface area contributed by atoms with E-state index >= 15 is 0 Å². The number of hydrogen-bond acceptors (Lipinski definition) is 7. The van der Waals surface area contributed by atoms with Crippen LogP contribution in [0.25, 0.3) is 16.6 Å². The van der Waals surface area contributed by atoms with Gasteiger partial charge in [-0.05, 0) is 6.07 Å². The van der Waals surface area contributed by atoms with Crippen LogP contribution >= 0.6 is 23.4 Å². The molecule has 4 aromatic rings. The number of nitrogens with zero attached hydrogens (tertiary/aromatic N) is 3. The van der Waals surface area contributed by atoms with E-state index in [1.165, 1.54) is 26.0 Å². The molecule has 30 heavy (non-hydrogen) atoms. The van der Waals surface area contributed by atoms with E-state index in [9.17, 15) is 4.79 Å². The summed E-state index contributed by atoms with van der Waals surface area (Å²) in [5, 5.41) is 12.5. The highest BCUT2D eigenvalue weighted by Crippen LogP contribution is 2.36. The zero-order chi connectivity index (χ0) is 21.3. The number of hydrogen-bond donors (Lipinski definition) is 1. The standard InChI is InChI=1S/C20H19ClN4O4S/c1-4-18-23-24-20(14-8-17-13(25(14)18)5-6-29-17)30-10-19(26)22-12-7-11(21)15(27-2)9-16(12)28-3/h5-9H,4,10H2,1-3H3,(H,22,26). The highest BCUT2D eigenvalue weighted by atomic mass is 35.5. The molecule has 1 aromatic carbocycles. The Morgan fingerprint density at radius 3 is 2.73 bits per heavy atom. The predicted molar refractivity (Wildman–Crippen MR) is 116 cm³/mol. The van der Waals surface area contributed by atoms with Gasteiger partial charge in [-0.1, -0.05) is 30.3 Å². The van der Waals surface area contributed by atoms with Gasteiger partial charge in [0.1, 0.15) is 22.3 Å². The molecule has 0 atom stereocenters. The summed E-state index contributed by atoms with van der Waals surface area (Å²) in [5.74, 6) is 1.65. The van der Waals surface area contributed by atoms with Gasteiger partial charge in [0.25, 0.3) is 0 Å². The van der Waals surface area contributed by atoms with Gasteiger partial charge in [0, 0.05) is 24.6 Å². The first kappa shape index (κ1) is 20.4. The Morgan fingerprint density at radius 2 is 2.00 bits per heavy atom. The fraction of sp³-hybridized carbons (Fsp3) is 0.250. The average Bonchev–Trinajstić information content (AvgIpc) is 3.34.